The predicted octanol–water partition coefficient (Wildman–Crippen LogP) is 3.90. The van der Waals surface area contributed by atoms with Crippen LogP contribution in [0.2, 0.25) is 0 Å². The highest BCUT2D eigenvalue weighted by Gasteiger charge is 2.11. The van der Waals surface area contributed by atoms with Crippen molar-refractivity contribution in [1.82, 2.24) is 4.98 Å². The number of hydrogen-bond acceptors (Lipinski definition) is 4. The Labute approximate surface area is 114 Å². The predicted molar refractivity (Wildman–Crippen MR) is 75.4 cm³/mol. The maximum atomic E-state index is 13.0. The Morgan fingerprint density at radius 2 is 2.28 bits per heavy atom. The van der Waals surface area contributed by atoms with Crippen molar-refractivity contribution < 1.29 is 4.39 Å². The van der Waals surface area contributed by atoms with Crippen molar-refractivity contribution in [2.75, 3.05) is 0 Å². The number of thiazole rings is 1. The number of rotatable bonds is 4. The zero-order chi connectivity index (χ0) is 13.1. The SMILES string of the molecule is Cc1nc(CSc2cccc(F)c2)sc1C(C)N. The summed E-state index contributed by atoms with van der Waals surface area (Å²) in [6, 6.07) is 6.64. The topological polar surface area (TPSA) is 38.9 Å². The first kappa shape index (κ1) is 13.5. The van der Waals surface area contributed by atoms with Crippen LogP contribution >= 0.6 is 23.1 Å². The molecule has 2 aromatic rings. The quantitative estimate of drug-likeness (QED) is 0.864. The van der Waals surface area contributed by atoms with E-state index in [9.17, 15) is 4.39 Å². The molecule has 1 unspecified atom stereocenters. The number of nitrogens with zero attached hydrogens (tertiary/aromatic N) is 1. The third-order valence-electron chi connectivity index (χ3n) is 2.45. The van der Waals surface area contributed by atoms with Gasteiger partial charge >= 0.3 is 0 Å². The van der Waals surface area contributed by atoms with E-state index < -0.39 is 0 Å². The van der Waals surface area contributed by atoms with Gasteiger partial charge in [0.05, 0.1) is 11.4 Å². The van der Waals surface area contributed by atoms with Crippen molar-refractivity contribution >= 4 is 23.1 Å². The molecular weight excluding hydrogens is 267 g/mol. The molecule has 0 aliphatic heterocycles. The van der Waals surface area contributed by atoms with Crippen molar-refractivity contribution in [3.63, 3.8) is 0 Å². The fourth-order valence-electron chi connectivity index (χ4n) is 1.65. The summed E-state index contributed by atoms with van der Waals surface area (Å²) in [7, 11) is 0. The molecule has 0 bridgehead atoms. The maximum absolute atomic E-state index is 13.0. The van der Waals surface area contributed by atoms with E-state index in [-0.39, 0.29) is 11.9 Å². The molecule has 1 aromatic carbocycles. The lowest BCUT2D eigenvalue weighted by molar-refractivity contribution is 0.624. The first-order chi connectivity index (χ1) is 8.56. The molecule has 1 heterocycles. The van der Waals surface area contributed by atoms with Crippen LogP contribution in [-0.4, -0.2) is 4.98 Å². The van der Waals surface area contributed by atoms with E-state index in [2.05, 4.69) is 4.98 Å². The van der Waals surface area contributed by atoms with E-state index in [1.165, 1.54) is 12.1 Å². The van der Waals surface area contributed by atoms with Crippen molar-refractivity contribution in [3.05, 3.63) is 45.7 Å². The Hall–Kier alpha value is -0.910. The van der Waals surface area contributed by atoms with E-state index in [1.807, 2.05) is 19.9 Å². The largest absolute Gasteiger partial charge is 0.323 e. The summed E-state index contributed by atoms with van der Waals surface area (Å²) in [6.07, 6.45) is 0. The summed E-state index contributed by atoms with van der Waals surface area (Å²) in [4.78, 5) is 6.54. The zero-order valence-electron chi connectivity index (χ0n) is 10.3. The first-order valence-electron chi connectivity index (χ1n) is 5.66. The number of thioether (sulfide) groups is 1. The third kappa shape index (κ3) is 3.31. The molecule has 1 atom stereocenters. The molecule has 2 rings (SSSR count). The summed E-state index contributed by atoms with van der Waals surface area (Å²) in [5.41, 5.74) is 6.87. The summed E-state index contributed by atoms with van der Waals surface area (Å²) < 4.78 is 13.0. The van der Waals surface area contributed by atoms with Crippen LogP contribution < -0.4 is 5.73 Å². The summed E-state index contributed by atoms with van der Waals surface area (Å²) in [5.74, 6) is 0.549. The highest BCUT2D eigenvalue weighted by molar-refractivity contribution is 7.98. The zero-order valence-corrected chi connectivity index (χ0v) is 11.9. The number of halogens is 1. The molecule has 2 nitrogen and oxygen atoms in total. The smallest absolute Gasteiger partial charge is 0.124 e. The number of hydrogen-bond donors (Lipinski definition) is 1. The van der Waals surface area contributed by atoms with Gasteiger partial charge in [0.25, 0.3) is 0 Å². The molecule has 0 saturated heterocycles. The van der Waals surface area contributed by atoms with Gasteiger partial charge in [0, 0.05) is 15.8 Å². The summed E-state index contributed by atoms with van der Waals surface area (Å²) in [6.45, 7) is 3.94. The van der Waals surface area contributed by atoms with Crippen molar-refractivity contribution in [2.24, 2.45) is 5.73 Å². The van der Waals surface area contributed by atoms with Crippen molar-refractivity contribution in [1.29, 1.82) is 0 Å². The van der Waals surface area contributed by atoms with Crippen LogP contribution in [0.5, 0.6) is 0 Å². The van der Waals surface area contributed by atoms with Crippen LogP contribution in [0.1, 0.15) is 28.5 Å². The van der Waals surface area contributed by atoms with Gasteiger partial charge in [-0.3, -0.25) is 0 Å². The molecule has 2 N–H and O–H groups in total. The average Bonchev–Trinajstić information content (AvgIpc) is 2.68. The number of aryl methyl sites for hydroxylation is 1. The van der Waals surface area contributed by atoms with Gasteiger partial charge in [-0.15, -0.1) is 23.1 Å². The Morgan fingerprint density at radius 1 is 1.50 bits per heavy atom. The van der Waals surface area contributed by atoms with Gasteiger partial charge in [0.15, 0.2) is 0 Å². The van der Waals surface area contributed by atoms with Gasteiger partial charge in [0.1, 0.15) is 10.8 Å². The Morgan fingerprint density at radius 3 is 2.89 bits per heavy atom. The van der Waals surface area contributed by atoms with Crippen LogP contribution in [0, 0.1) is 12.7 Å². The molecule has 0 radical (unpaired) electrons. The molecule has 0 aliphatic rings. The Bertz CT molecular complexity index is 538. The molecule has 0 aliphatic carbocycles. The van der Waals surface area contributed by atoms with Crippen LogP contribution in [0.25, 0.3) is 0 Å². The number of aromatic nitrogens is 1. The Balaban J connectivity index is 2.04. The molecule has 18 heavy (non-hydrogen) atoms. The summed E-state index contributed by atoms with van der Waals surface area (Å²) in [5, 5.41) is 1.04. The standard InChI is InChI=1S/C13H15FN2S2/c1-8(15)13-9(2)16-12(18-13)7-17-11-5-3-4-10(14)6-11/h3-6,8H,7,15H2,1-2H3. The van der Waals surface area contributed by atoms with Gasteiger partial charge in [-0.25, -0.2) is 9.37 Å². The van der Waals surface area contributed by atoms with Gasteiger partial charge < -0.3 is 5.73 Å². The second-order valence-electron chi connectivity index (χ2n) is 4.09. The van der Waals surface area contributed by atoms with Crippen LogP contribution in [-0.2, 0) is 5.75 Å². The lowest BCUT2D eigenvalue weighted by Gasteiger charge is -2.00. The summed E-state index contributed by atoms with van der Waals surface area (Å²) >= 11 is 3.23. The Kier molecular flexibility index (Phi) is 4.37. The second kappa shape index (κ2) is 5.82. The van der Waals surface area contributed by atoms with Gasteiger partial charge in [0.2, 0.25) is 0 Å². The molecule has 0 spiro atoms. The van der Waals surface area contributed by atoms with Gasteiger partial charge in [-0.2, -0.15) is 0 Å². The molecule has 5 heteroatoms. The fraction of sp³-hybridized carbons (Fsp3) is 0.308. The minimum absolute atomic E-state index is 0.0235. The second-order valence-corrected chi connectivity index (χ2v) is 6.26. The highest BCUT2D eigenvalue weighted by atomic mass is 32.2. The van der Waals surface area contributed by atoms with E-state index in [1.54, 1.807) is 29.2 Å². The van der Waals surface area contributed by atoms with Crippen molar-refractivity contribution in [2.45, 2.75) is 30.5 Å². The maximum Gasteiger partial charge on any atom is 0.124 e. The van der Waals surface area contributed by atoms with Crippen molar-refractivity contribution in [3.8, 4) is 0 Å². The molecule has 1 aromatic heterocycles. The molecular formula is C13H15FN2S2. The highest BCUT2D eigenvalue weighted by Crippen LogP contribution is 2.29. The van der Waals surface area contributed by atoms with Gasteiger partial charge in [-0.1, -0.05) is 6.07 Å². The molecule has 0 fully saturated rings. The fourth-order valence-corrected chi connectivity index (χ4v) is 3.61. The normalized spacial score (nSPS) is 12.7. The van der Waals surface area contributed by atoms with E-state index >= 15 is 0 Å². The number of benzene rings is 1. The van der Waals surface area contributed by atoms with E-state index in [0.29, 0.717) is 0 Å². The van der Waals surface area contributed by atoms with Crippen LogP contribution in [0.3, 0.4) is 0 Å². The molecule has 0 amide bonds. The van der Waals surface area contributed by atoms with Crippen LogP contribution in [0.4, 0.5) is 4.39 Å². The lowest BCUT2D eigenvalue weighted by atomic mass is 10.2. The monoisotopic (exact) mass is 282 g/mol. The molecule has 0 saturated carbocycles. The van der Waals surface area contributed by atoms with E-state index in [4.69, 9.17) is 5.73 Å². The number of nitrogens with two attached hydrogens (primary N) is 1. The first-order valence-corrected chi connectivity index (χ1v) is 7.46. The average molecular weight is 282 g/mol. The minimum Gasteiger partial charge on any atom is -0.323 e. The van der Waals surface area contributed by atoms with E-state index in [0.717, 1.165) is 26.2 Å². The third-order valence-corrected chi connectivity index (χ3v) is 4.99. The van der Waals surface area contributed by atoms with Gasteiger partial charge in [-0.05, 0) is 32.0 Å². The lowest BCUT2D eigenvalue weighted by Crippen LogP contribution is -2.03. The van der Waals surface area contributed by atoms with Crippen LogP contribution in [0.15, 0.2) is 29.2 Å². The molecule has 96 valence electrons. The minimum atomic E-state index is -0.202.